The second-order valence-corrected chi connectivity index (χ2v) is 6.23. The molecule has 1 aromatic heterocycles. The van der Waals surface area contributed by atoms with Gasteiger partial charge in [-0.3, -0.25) is 4.79 Å². The Kier molecular flexibility index (Phi) is 4.15. The summed E-state index contributed by atoms with van der Waals surface area (Å²) >= 11 is 0. The molecule has 0 radical (unpaired) electrons. The minimum absolute atomic E-state index is 0.129. The molecule has 1 N–H and O–H groups in total. The standard InChI is InChI=1S/C18H18F3NO2/c1-10-6-13(11(2)24-10)9-22-17(23)16-8-15(16)12-4-3-5-14(7-12)18(19,20)21/h3-7,15-16H,8-9H2,1-2H3,(H,22,23). The number of nitrogens with one attached hydrogen (secondary N) is 1. The molecule has 1 aliphatic rings. The molecule has 0 spiro atoms. The van der Waals surface area contributed by atoms with Gasteiger partial charge in [-0.25, -0.2) is 0 Å². The Morgan fingerprint density at radius 1 is 1.29 bits per heavy atom. The highest BCUT2D eigenvalue weighted by Gasteiger charge is 2.44. The Morgan fingerprint density at radius 2 is 2.04 bits per heavy atom. The molecule has 1 saturated carbocycles. The number of hydrogen-bond donors (Lipinski definition) is 1. The van der Waals surface area contributed by atoms with Gasteiger partial charge in [0.1, 0.15) is 11.5 Å². The van der Waals surface area contributed by atoms with Gasteiger partial charge in [-0.15, -0.1) is 0 Å². The fourth-order valence-electron chi connectivity index (χ4n) is 2.97. The predicted octanol–water partition coefficient (Wildman–Crippen LogP) is 4.34. The first-order chi connectivity index (χ1) is 11.3. The molecule has 2 unspecified atom stereocenters. The average molecular weight is 337 g/mol. The predicted molar refractivity (Wildman–Crippen MR) is 82.3 cm³/mol. The minimum Gasteiger partial charge on any atom is -0.466 e. The third-order valence-electron chi connectivity index (χ3n) is 4.37. The number of benzene rings is 1. The summed E-state index contributed by atoms with van der Waals surface area (Å²) in [6, 6.07) is 7.10. The van der Waals surface area contributed by atoms with Crippen LogP contribution in [0.2, 0.25) is 0 Å². The SMILES string of the molecule is Cc1cc(CNC(=O)C2CC2c2cccc(C(F)(F)F)c2)c(C)o1. The molecule has 0 saturated heterocycles. The molecule has 24 heavy (non-hydrogen) atoms. The van der Waals surface area contributed by atoms with Crippen molar-refractivity contribution >= 4 is 5.91 Å². The van der Waals surface area contributed by atoms with Gasteiger partial charge >= 0.3 is 6.18 Å². The van der Waals surface area contributed by atoms with E-state index in [1.165, 1.54) is 6.07 Å². The third kappa shape index (κ3) is 3.47. The van der Waals surface area contributed by atoms with E-state index in [0.717, 1.165) is 29.2 Å². The topological polar surface area (TPSA) is 42.2 Å². The molecular formula is C18H18F3NO2. The van der Waals surface area contributed by atoms with E-state index in [1.807, 2.05) is 19.9 Å². The fraction of sp³-hybridized carbons (Fsp3) is 0.389. The first-order valence-corrected chi connectivity index (χ1v) is 7.76. The second kappa shape index (κ2) is 6.00. The van der Waals surface area contributed by atoms with Gasteiger partial charge in [0.25, 0.3) is 0 Å². The first-order valence-electron chi connectivity index (χ1n) is 7.76. The van der Waals surface area contributed by atoms with Crippen LogP contribution in [-0.4, -0.2) is 5.91 Å². The van der Waals surface area contributed by atoms with Crippen molar-refractivity contribution < 1.29 is 22.4 Å². The van der Waals surface area contributed by atoms with Crippen LogP contribution in [0.1, 0.15) is 40.5 Å². The summed E-state index contributed by atoms with van der Waals surface area (Å²) in [5.74, 6) is 1.01. The quantitative estimate of drug-likeness (QED) is 0.902. The summed E-state index contributed by atoms with van der Waals surface area (Å²) in [5.41, 5.74) is 0.813. The number of carbonyl (C=O) groups excluding carboxylic acids is 1. The van der Waals surface area contributed by atoms with Crippen LogP contribution in [-0.2, 0) is 17.5 Å². The Labute approximate surface area is 137 Å². The maximum atomic E-state index is 12.8. The van der Waals surface area contributed by atoms with Crippen molar-refractivity contribution in [1.29, 1.82) is 0 Å². The molecule has 128 valence electrons. The zero-order chi connectivity index (χ0) is 17.5. The van der Waals surface area contributed by atoms with E-state index in [-0.39, 0.29) is 17.7 Å². The van der Waals surface area contributed by atoms with E-state index in [4.69, 9.17) is 4.42 Å². The molecule has 0 bridgehead atoms. The van der Waals surface area contributed by atoms with Crippen LogP contribution < -0.4 is 5.32 Å². The Bertz CT molecular complexity index is 764. The molecule has 3 rings (SSSR count). The molecule has 6 heteroatoms. The van der Waals surface area contributed by atoms with Gasteiger partial charge in [-0.05, 0) is 43.9 Å². The smallest absolute Gasteiger partial charge is 0.416 e. The number of amides is 1. The van der Waals surface area contributed by atoms with E-state index >= 15 is 0 Å². The number of carbonyl (C=O) groups is 1. The molecule has 1 aromatic carbocycles. The van der Waals surface area contributed by atoms with Crippen LogP contribution in [0, 0.1) is 19.8 Å². The molecular weight excluding hydrogens is 319 g/mol. The van der Waals surface area contributed by atoms with Crippen LogP contribution in [0.4, 0.5) is 13.2 Å². The normalized spacial score (nSPS) is 20.0. The second-order valence-electron chi connectivity index (χ2n) is 6.23. The van der Waals surface area contributed by atoms with Gasteiger partial charge < -0.3 is 9.73 Å². The minimum atomic E-state index is -4.36. The lowest BCUT2D eigenvalue weighted by atomic mass is 10.1. The van der Waals surface area contributed by atoms with Crippen molar-refractivity contribution in [2.45, 2.75) is 38.9 Å². The van der Waals surface area contributed by atoms with Crippen LogP contribution >= 0.6 is 0 Å². The van der Waals surface area contributed by atoms with E-state index in [9.17, 15) is 18.0 Å². The van der Waals surface area contributed by atoms with Crippen molar-refractivity contribution in [2.24, 2.45) is 5.92 Å². The zero-order valence-corrected chi connectivity index (χ0v) is 13.4. The molecule has 2 atom stereocenters. The van der Waals surface area contributed by atoms with Gasteiger partial charge in [0.15, 0.2) is 0 Å². The lowest BCUT2D eigenvalue weighted by Crippen LogP contribution is -2.25. The molecule has 1 aliphatic carbocycles. The van der Waals surface area contributed by atoms with E-state index in [0.29, 0.717) is 18.5 Å². The van der Waals surface area contributed by atoms with Crippen molar-refractivity contribution in [3.8, 4) is 0 Å². The molecule has 1 heterocycles. The van der Waals surface area contributed by atoms with Gasteiger partial charge in [0.2, 0.25) is 5.91 Å². The lowest BCUT2D eigenvalue weighted by molar-refractivity contribution is -0.137. The average Bonchev–Trinajstić information content (AvgIpc) is 3.24. The van der Waals surface area contributed by atoms with Crippen molar-refractivity contribution in [1.82, 2.24) is 5.32 Å². The molecule has 3 nitrogen and oxygen atoms in total. The van der Waals surface area contributed by atoms with Crippen molar-refractivity contribution in [3.63, 3.8) is 0 Å². The van der Waals surface area contributed by atoms with Crippen LogP contribution in [0.25, 0.3) is 0 Å². The number of halogens is 3. The fourth-order valence-corrected chi connectivity index (χ4v) is 2.97. The van der Waals surface area contributed by atoms with Gasteiger partial charge in [-0.1, -0.05) is 18.2 Å². The Hall–Kier alpha value is -2.24. The Morgan fingerprint density at radius 3 is 2.67 bits per heavy atom. The maximum Gasteiger partial charge on any atom is 0.416 e. The van der Waals surface area contributed by atoms with Gasteiger partial charge in [0, 0.05) is 18.0 Å². The van der Waals surface area contributed by atoms with Gasteiger partial charge in [-0.2, -0.15) is 13.2 Å². The highest BCUT2D eigenvalue weighted by Crippen LogP contribution is 2.48. The number of aryl methyl sites for hydroxylation is 2. The largest absolute Gasteiger partial charge is 0.466 e. The highest BCUT2D eigenvalue weighted by molar-refractivity contribution is 5.82. The summed E-state index contributed by atoms with van der Waals surface area (Å²) in [7, 11) is 0. The summed E-state index contributed by atoms with van der Waals surface area (Å²) in [6.07, 6.45) is -3.78. The number of hydrogen-bond acceptors (Lipinski definition) is 2. The Balaban J connectivity index is 1.61. The van der Waals surface area contributed by atoms with Gasteiger partial charge in [0.05, 0.1) is 5.56 Å². The number of furan rings is 1. The highest BCUT2D eigenvalue weighted by atomic mass is 19.4. The van der Waals surface area contributed by atoms with Crippen molar-refractivity contribution in [2.75, 3.05) is 0 Å². The van der Waals surface area contributed by atoms with Crippen LogP contribution in [0.15, 0.2) is 34.7 Å². The number of alkyl halides is 3. The van der Waals surface area contributed by atoms with E-state index < -0.39 is 11.7 Å². The summed E-state index contributed by atoms with van der Waals surface area (Å²) in [6.45, 7) is 4.04. The van der Waals surface area contributed by atoms with Crippen molar-refractivity contribution in [3.05, 3.63) is 58.5 Å². The summed E-state index contributed by atoms with van der Waals surface area (Å²) in [5, 5.41) is 2.84. The maximum absolute atomic E-state index is 12.8. The summed E-state index contributed by atoms with van der Waals surface area (Å²) in [4.78, 5) is 12.2. The lowest BCUT2D eigenvalue weighted by Gasteiger charge is -2.08. The van der Waals surface area contributed by atoms with E-state index in [1.54, 1.807) is 6.07 Å². The van der Waals surface area contributed by atoms with Crippen LogP contribution in [0.5, 0.6) is 0 Å². The number of rotatable bonds is 4. The van der Waals surface area contributed by atoms with Crippen LogP contribution in [0.3, 0.4) is 0 Å². The monoisotopic (exact) mass is 337 g/mol. The zero-order valence-electron chi connectivity index (χ0n) is 13.4. The summed E-state index contributed by atoms with van der Waals surface area (Å²) < 4.78 is 43.7. The molecule has 1 amide bonds. The van der Waals surface area contributed by atoms with E-state index in [2.05, 4.69) is 5.32 Å². The molecule has 0 aliphatic heterocycles. The molecule has 2 aromatic rings. The third-order valence-corrected chi connectivity index (χ3v) is 4.37. The molecule has 1 fully saturated rings. The first kappa shape index (κ1) is 16.6.